The molecule has 0 bridgehead atoms. The lowest BCUT2D eigenvalue weighted by molar-refractivity contribution is -0.111. The largest absolute Gasteiger partial charge is 0.492 e. The van der Waals surface area contributed by atoms with Gasteiger partial charge < -0.3 is 14.5 Å². The number of carbonyl (C=O) groups is 1. The van der Waals surface area contributed by atoms with Gasteiger partial charge >= 0.3 is 0 Å². The number of carbonyl (C=O) groups excluding carboxylic acids is 1. The third-order valence-electron chi connectivity index (χ3n) is 3.62. The molecule has 4 nitrogen and oxygen atoms in total. The van der Waals surface area contributed by atoms with Crippen molar-refractivity contribution in [2.75, 3.05) is 11.9 Å². The van der Waals surface area contributed by atoms with E-state index in [1.807, 2.05) is 19.1 Å². The second-order valence-corrected chi connectivity index (χ2v) is 6.48. The fraction of sp³-hybridized carbons (Fsp3) is 0.0952. The van der Waals surface area contributed by atoms with Crippen LogP contribution in [0.1, 0.15) is 12.7 Å². The monoisotopic (exact) mass is 401 g/mol. The van der Waals surface area contributed by atoms with Gasteiger partial charge in [0.05, 0.1) is 12.3 Å². The van der Waals surface area contributed by atoms with Gasteiger partial charge in [-0.25, -0.2) is 0 Å². The van der Waals surface area contributed by atoms with Crippen molar-refractivity contribution in [3.05, 3.63) is 76.5 Å². The van der Waals surface area contributed by atoms with Crippen LogP contribution in [0.3, 0.4) is 0 Å². The first-order valence-electron chi connectivity index (χ1n) is 8.32. The molecule has 1 heterocycles. The molecule has 0 aliphatic carbocycles. The quantitative estimate of drug-likeness (QED) is 0.492. The highest BCUT2D eigenvalue weighted by Gasteiger charge is 2.07. The molecule has 1 amide bonds. The van der Waals surface area contributed by atoms with Crippen LogP contribution in [0.2, 0.25) is 10.0 Å². The van der Waals surface area contributed by atoms with Crippen LogP contribution in [0.15, 0.2) is 65.1 Å². The van der Waals surface area contributed by atoms with E-state index in [0.717, 1.165) is 5.56 Å². The summed E-state index contributed by atoms with van der Waals surface area (Å²) in [6.07, 6.45) is 2.99. The number of para-hydroxylation sites is 2. The van der Waals surface area contributed by atoms with Gasteiger partial charge in [-0.2, -0.15) is 0 Å². The molecule has 27 heavy (non-hydrogen) atoms. The Balaban J connectivity index is 1.70. The van der Waals surface area contributed by atoms with Crippen LogP contribution < -0.4 is 10.1 Å². The molecule has 2 aromatic carbocycles. The average molecular weight is 402 g/mol. The number of nitrogens with one attached hydrogen (secondary N) is 1. The van der Waals surface area contributed by atoms with Crippen LogP contribution in [-0.2, 0) is 4.79 Å². The van der Waals surface area contributed by atoms with Gasteiger partial charge in [-0.15, -0.1) is 0 Å². The molecule has 0 saturated heterocycles. The second kappa shape index (κ2) is 8.80. The molecular weight excluding hydrogens is 385 g/mol. The first kappa shape index (κ1) is 19.1. The second-order valence-electron chi connectivity index (χ2n) is 5.61. The smallest absolute Gasteiger partial charge is 0.248 e. The molecule has 0 aliphatic rings. The summed E-state index contributed by atoms with van der Waals surface area (Å²) in [6.45, 7) is 2.41. The maximum absolute atomic E-state index is 12.2. The maximum Gasteiger partial charge on any atom is 0.248 e. The third kappa shape index (κ3) is 5.16. The van der Waals surface area contributed by atoms with E-state index in [-0.39, 0.29) is 5.91 Å². The molecule has 0 radical (unpaired) electrons. The van der Waals surface area contributed by atoms with Gasteiger partial charge in [-0.3, -0.25) is 4.79 Å². The van der Waals surface area contributed by atoms with Crippen molar-refractivity contribution in [3.8, 4) is 17.1 Å². The summed E-state index contributed by atoms with van der Waals surface area (Å²) >= 11 is 12.0. The number of ether oxygens (including phenoxy) is 1. The van der Waals surface area contributed by atoms with E-state index in [9.17, 15) is 4.79 Å². The van der Waals surface area contributed by atoms with Gasteiger partial charge in [0.1, 0.15) is 17.3 Å². The van der Waals surface area contributed by atoms with E-state index in [1.54, 1.807) is 48.5 Å². The molecule has 0 spiro atoms. The van der Waals surface area contributed by atoms with Crippen molar-refractivity contribution in [2.45, 2.75) is 6.92 Å². The van der Waals surface area contributed by atoms with Gasteiger partial charge in [0, 0.05) is 21.7 Å². The third-order valence-corrected chi connectivity index (χ3v) is 4.05. The van der Waals surface area contributed by atoms with Crippen LogP contribution in [0.5, 0.6) is 5.75 Å². The number of amides is 1. The fourth-order valence-corrected chi connectivity index (χ4v) is 3.00. The summed E-state index contributed by atoms with van der Waals surface area (Å²) < 4.78 is 11.2. The highest BCUT2D eigenvalue weighted by molar-refractivity contribution is 6.35. The fourth-order valence-electron chi connectivity index (χ4n) is 2.48. The van der Waals surface area contributed by atoms with Crippen LogP contribution in [0.4, 0.5) is 5.69 Å². The van der Waals surface area contributed by atoms with E-state index in [4.69, 9.17) is 32.4 Å². The van der Waals surface area contributed by atoms with Gasteiger partial charge in [-0.1, -0.05) is 35.3 Å². The Morgan fingerprint density at radius 2 is 1.85 bits per heavy atom. The van der Waals surface area contributed by atoms with Gasteiger partial charge in [-0.05, 0) is 55.5 Å². The molecule has 0 atom stereocenters. The zero-order valence-corrected chi connectivity index (χ0v) is 16.1. The molecule has 0 saturated carbocycles. The minimum Gasteiger partial charge on any atom is -0.492 e. The van der Waals surface area contributed by atoms with Gasteiger partial charge in [0.15, 0.2) is 0 Å². The van der Waals surface area contributed by atoms with Crippen LogP contribution in [-0.4, -0.2) is 12.5 Å². The molecule has 0 unspecified atom stereocenters. The van der Waals surface area contributed by atoms with E-state index >= 15 is 0 Å². The van der Waals surface area contributed by atoms with Crippen molar-refractivity contribution in [2.24, 2.45) is 0 Å². The van der Waals surface area contributed by atoms with Gasteiger partial charge in [0.25, 0.3) is 0 Å². The minimum absolute atomic E-state index is 0.286. The number of rotatable bonds is 6. The Bertz CT molecular complexity index is 959. The topological polar surface area (TPSA) is 51.5 Å². The molecule has 3 aromatic rings. The van der Waals surface area contributed by atoms with Crippen molar-refractivity contribution < 1.29 is 13.9 Å². The molecule has 138 valence electrons. The van der Waals surface area contributed by atoms with E-state index in [2.05, 4.69) is 5.32 Å². The molecule has 1 aromatic heterocycles. The Labute approximate surface area is 167 Å². The maximum atomic E-state index is 12.2. The Kier molecular flexibility index (Phi) is 6.22. The average Bonchev–Trinajstić information content (AvgIpc) is 3.10. The first-order valence-corrected chi connectivity index (χ1v) is 9.08. The summed E-state index contributed by atoms with van der Waals surface area (Å²) in [7, 11) is 0. The minimum atomic E-state index is -0.286. The molecule has 6 heteroatoms. The molecule has 0 fully saturated rings. The number of furan rings is 1. The normalized spacial score (nSPS) is 10.9. The van der Waals surface area contributed by atoms with Crippen molar-refractivity contribution in [1.29, 1.82) is 0 Å². The highest BCUT2D eigenvalue weighted by Crippen LogP contribution is 2.29. The molecule has 1 N–H and O–H groups in total. The zero-order valence-electron chi connectivity index (χ0n) is 14.5. The summed E-state index contributed by atoms with van der Waals surface area (Å²) in [5.41, 5.74) is 1.38. The van der Waals surface area contributed by atoms with Gasteiger partial charge in [0.2, 0.25) is 5.91 Å². The number of hydrogen-bond acceptors (Lipinski definition) is 3. The summed E-state index contributed by atoms with van der Waals surface area (Å²) in [4.78, 5) is 12.2. The summed E-state index contributed by atoms with van der Waals surface area (Å²) in [6, 6.07) is 16.0. The summed E-state index contributed by atoms with van der Waals surface area (Å²) in [5.74, 6) is 1.49. The molecular formula is C21H17Cl2NO3. The van der Waals surface area contributed by atoms with E-state index in [1.165, 1.54) is 6.08 Å². The number of benzene rings is 2. The zero-order chi connectivity index (χ0) is 19.2. The SMILES string of the molecule is CCOc1ccccc1NC(=O)/C=C/c1ccc(-c2cc(Cl)cc(Cl)c2)o1. The lowest BCUT2D eigenvalue weighted by Gasteiger charge is -2.09. The standard InChI is InChI=1S/C21H17Cl2NO3/c1-2-26-20-6-4-3-5-18(20)24-21(25)10-8-17-7-9-19(27-17)14-11-15(22)13-16(23)12-14/h3-13H,2H2,1H3,(H,24,25)/b10-8+. The number of anilines is 1. The van der Waals surface area contributed by atoms with Crippen LogP contribution in [0, 0.1) is 0 Å². The lowest BCUT2D eigenvalue weighted by atomic mass is 10.2. The number of hydrogen-bond donors (Lipinski definition) is 1. The Hall–Kier alpha value is -2.69. The lowest BCUT2D eigenvalue weighted by Crippen LogP contribution is -2.09. The molecule has 3 rings (SSSR count). The highest BCUT2D eigenvalue weighted by atomic mass is 35.5. The van der Waals surface area contributed by atoms with E-state index in [0.29, 0.717) is 39.6 Å². The first-order chi connectivity index (χ1) is 13.0. The predicted molar refractivity (Wildman–Crippen MR) is 109 cm³/mol. The van der Waals surface area contributed by atoms with E-state index < -0.39 is 0 Å². The van der Waals surface area contributed by atoms with Crippen LogP contribution >= 0.6 is 23.2 Å². The molecule has 0 aliphatic heterocycles. The summed E-state index contributed by atoms with van der Waals surface area (Å²) in [5, 5.41) is 3.84. The van der Waals surface area contributed by atoms with Crippen LogP contribution in [0.25, 0.3) is 17.4 Å². The Morgan fingerprint density at radius 1 is 1.11 bits per heavy atom. The van der Waals surface area contributed by atoms with Crippen molar-refractivity contribution in [1.82, 2.24) is 0 Å². The van der Waals surface area contributed by atoms with Crippen molar-refractivity contribution in [3.63, 3.8) is 0 Å². The number of halogens is 2. The Morgan fingerprint density at radius 3 is 2.59 bits per heavy atom. The predicted octanol–water partition coefficient (Wildman–Crippen LogP) is 6.30. The van der Waals surface area contributed by atoms with Crippen molar-refractivity contribution >= 4 is 40.9 Å².